The first-order valence-electron chi connectivity index (χ1n) is 8.58. The third-order valence-corrected chi connectivity index (χ3v) is 5.60. The lowest BCUT2D eigenvalue weighted by Gasteiger charge is -2.35. The first-order valence-corrected chi connectivity index (χ1v) is 8.58. The lowest BCUT2D eigenvalue weighted by atomic mass is 9.92. The van der Waals surface area contributed by atoms with E-state index in [9.17, 15) is 0 Å². The minimum Gasteiger partial charge on any atom is -0.326 e. The van der Waals surface area contributed by atoms with Crippen LogP contribution in [0.3, 0.4) is 0 Å². The molecule has 3 unspecified atom stereocenters. The lowest BCUT2D eigenvalue weighted by molar-refractivity contribution is 0.161. The van der Waals surface area contributed by atoms with Crippen molar-refractivity contribution in [3.63, 3.8) is 0 Å². The Labute approximate surface area is 118 Å². The number of likely N-dealkylation sites (tertiary alicyclic amines) is 2. The molecule has 3 rings (SSSR count). The predicted octanol–water partition coefficient (Wildman–Crippen LogP) is 2.21. The molecule has 3 aliphatic rings. The summed E-state index contributed by atoms with van der Waals surface area (Å²) in [6, 6.07) is 1.94. The van der Waals surface area contributed by atoms with Crippen molar-refractivity contribution in [3.8, 4) is 0 Å². The first-order chi connectivity index (χ1) is 9.34. The van der Waals surface area contributed by atoms with Crippen molar-refractivity contribution in [1.29, 1.82) is 0 Å². The van der Waals surface area contributed by atoms with Gasteiger partial charge in [0.15, 0.2) is 0 Å². The maximum absolute atomic E-state index is 6.47. The fourth-order valence-electron chi connectivity index (χ4n) is 4.42. The monoisotopic (exact) mass is 265 g/mol. The minimum atomic E-state index is 0.428. The fraction of sp³-hybridized carbons (Fsp3) is 1.00. The van der Waals surface area contributed by atoms with E-state index in [-0.39, 0.29) is 0 Å². The van der Waals surface area contributed by atoms with Gasteiger partial charge in [-0.05, 0) is 45.2 Å². The van der Waals surface area contributed by atoms with E-state index in [1.165, 1.54) is 84.0 Å². The van der Waals surface area contributed by atoms with Crippen molar-refractivity contribution in [3.05, 3.63) is 0 Å². The molecule has 1 aliphatic carbocycles. The van der Waals surface area contributed by atoms with E-state index < -0.39 is 0 Å². The molecule has 3 nitrogen and oxygen atoms in total. The van der Waals surface area contributed by atoms with E-state index >= 15 is 0 Å². The molecular formula is C16H31N3. The summed E-state index contributed by atoms with van der Waals surface area (Å²) >= 11 is 0. The average molecular weight is 265 g/mol. The molecule has 3 heteroatoms. The summed E-state index contributed by atoms with van der Waals surface area (Å²) in [6.45, 7) is 5.27. The summed E-state index contributed by atoms with van der Waals surface area (Å²) in [4.78, 5) is 5.47. The summed E-state index contributed by atoms with van der Waals surface area (Å²) in [5.41, 5.74) is 6.47. The molecule has 2 saturated heterocycles. The van der Waals surface area contributed by atoms with Gasteiger partial charge in [0.25, 0.3) is 0 Å². The van der Waals surface area contributed by atoms with Crippen LogP contribution in [-0.4, -0.2) is 54.1 Å². The molecule has 19 heavy (non-hydrogen) atoms. The van der Waals surface area contributed by atoms with Crippen LogP contribution in [-0.2, 0) is 0 Å². The fourth-order valence-corrected chi connectivity index (χ4v) is 4.42. The van der Waals surface area contributed by atoms with Crippen LogP contribution in [0.4, 0.5) is 0 Å². The standard InChI is InChI=1S/C16H31N3/c17-15-7-3-1-2-4-8-16(15)19-12-9-14(13-19)18-10-5-6-11-18/h14-16H,1-13,17H2. The van der Waals surface area contributed by atoms with Gasteiger partial charge in [0.2, 0.25) is 0 Å². The Morgan fingerprint density at radius 2 is 1.42 bits per heavy atom. The van der Waals surface area contributed by atoms with E-state index in [4.69, 9.17) is 5.73 Å². The smallest absolute Gasteiger partial charge is 0.0247 e. The summed E-state index contributed by atoms with van der Waals surface area (Å²) in [6.07, 6.45) is 12.4. The highest BCUT2D eigenvalue weighted by molar-refractivity contribution is 4.92. The van der Waals surface area contributed by atoms with E-state index in [0.717, 1.165) is 6.04 Å². The summed E-state index contributed by atoms with van der Waals surface area (Å²) < 4.78 is 0. The third kappa shape index (κ3) is 3.32. The van der Waals surface area contributed by atoms with Crippen LogP contribution in [0, 0.1) is 0 Å². The quantitative estimate of drug-likeness (QED) is 0.831. The lowest BCUT2D eigenvalue weighted by Crippen LogP contribution is -2.48. The van der Waals surface area contributed by atoms with Gasteiger partial charge in [-0.25, -0.2) is 0 Å². The van der Waals surface area contributed by atoms with Crippen LogP contribution in [0.15, 0.2) is 0 Å². The molecule has 0 aromatic rings. The van der Waals surface area contributed by atoms with Crippen LogP contribution in [0.5, 0.6) is 0 Å². The molecule has 0 amide bonds. The van der Waals surface area contributed by atoms with Crippen LogP contribution in [0.25, 0.3) is 0 Å². The SMILES string of the molecule is NC1CCCCCCC1N1CCC(N2CCCC2)C1. The van der Waals surface area contributed by atoms with Gasteiger partial charge in [-0.3, -0.25) is 9.80 Å². The molecule has 3 fully saturated rings. The second kappa shape index (κ2) is 6.55. The zero-order valence-corrected chi connectivity index (χ0v) is 12.4. The molecule has 2 heterocycles. The summed E-state index contributed by atoms with van der Waals surface area (Å²) in [5, 5.41) is 0. The van der Waals surface area contributed by atoms with Crippen LogP contribution in [0.1, 0.15) is 57.8 Å². The Bertz CT molecular complexity index is 275. The van der Waals surface area contributed by atoms with Gasteiger partial charge in [0, 0.05) is 31.2 Å². The minimum absolute atomic E-state index is 0.428. The van der Waals surface area contributed by atoms with Crippen molar-refractivity contribution in [2.75, 3.05) is 26.2 Å². The summed E-state index contributed by atoms with van der Waals surface area (Å²) in [7, 11) is 0. The Balaban J connectivity index is 1.55. The zero-order chi connectivity index (χ0) is 13.1. The molecule has 0 spiro atoms. The van der Waals surface area contributed by atoms with Crippen molar-refractivity contribution in [2.45, 2.75) is 75.9 Å². The molecule has 0 bridgehead atoms. The van der Waals surface area contributed by atoms with Crippen LogP contribution >= 0.6 is 0 Å². The molecule has 110 valence electrons. The number of nitrogens with two attached hydrogens (primary N) is 1. The van der Waals surface area contributed by atoms with E-state index in [1.54, 1.807) is 0 Å². The molecule has 3 atom stereocenters. The van der Waals surface area contributed by atoms with Gasteiger partial charge < -0.3 is 5.73 Å². The van der Waals surface area contributed by atoms with Crippen molar-refractivity contribution >= 4 is 0 Å². The van der Waals surface area contributed by atoms with E-state index in [0.29, 0.717) is 12.1 Å². The Morgan fingerprint density at radius 1 is 0.684 bits per heavy atom. The predicted molar refractivity (Wildman–Crippen MR) is 80.3 cm³/mol. The van der Waals surface area contributed by atoms with Crippen LogP contribution in [0.2, 0.25) is 0 Å². The van der Waals surface area contributed by atoms with Gasteiger partial charge in [0.1, 0.15) is 0 Å². The summed E-state index contributed by atoms with van der Waals surface area (Å²) in [5.74, 6) is 0. The first kappa shape index (κ1) is 13.8. The highest BCUT2D eigenvalue weighted by Crippen LogP contribution is 2.27. The Kier molecular flexibility index (Phi) is 4.78. The Morgan fingerprint density at radius 3 is 2.21 bits per heavy atom. The van der Waals surface area contributed by atoms with Gasteiger partial charge in [-0.2, -0.15) is 0 Å². The number of hydrogen-bond donors (Lipinski definition) is 1. The zero-order valence-electron chi connectivity index (χ0n) is 12.4. The van der Waals surface area contributed by atoms with E-state index in [1.807, 2.05) is 0 Å². The van der Waals surface area contributed by atoms with Crippen molar-refractivity contribution in [1.82, 2.24) is 9.80 Å². The molecular weight excluding hydrogens is 234 g/mol. The molecule has 0 aromatic heterocycles. The van der Waals surface area contributed by atoms with E-state index in [2.05, 4.69) is 9.80 Å². The molecule has 2 aliphatic heterocycles. The maximum atomic E-state index is 6.47. The third-order valence-electron chi connectivity index (χ3n) is 5.60. The second-order valence-electron chi connectivity index (χ2n) is 6.90. The van der Waals surface area contributed by atoms with Gasteiger partial charge in [-0.1, -0.05) is 25.7 Å². The number of hydrogen-bond acceptors (Lipinski definition) is 3. The second-order valence-corrected chi connectivity index (χ2v) is 6.90. The van der Waals surface area contributed by atoms with Crippen molar-refractivity contribution < 1.29 is 0 Å². The Hall–Kier alpha value is -0.120. The molecule has 0 radical (unpaired) electrons. The maximum Gasteiger partial charge on any atom is 0.0247 e. The van der Waals surface area contributed by atoms with Crippen molar-refractivity contribution in [2.24, 2.45) is 5.73 Å². The molecule has 1 saturated carbocycles. The normalized spacial score (nSPS) is 39.3. The van der Waals surface area contributed by atoms with Gasteiger partial charge >= 0.3 is 0 Å². The molecule has 0 aromatic carbocycles. The van der Waals surface area contributed by atoms with Gasteiger partial charge in [-0.15, -0.1) is 0 Å². The number of rotatable bonds is 2. The van der Waals surface area contributed by atoms with Crippen LogP contribution < -0.4 is 5.73 Å². The highest BCUT2D eigenvalue weighted by Gasteiger charge is 2.34. The highest BCUT2D eigenvalue weighted by atomic mass is 15.3. The average Bonchev–Trinajstić information content (AvgIpc) is 3.04. The largest absolute Gasteiger partial charge is 0.326 e. The number of nitrogens with zero attached hydrogens (tertiary/aromatic N) is 2. The molecule has 2 N–H and O–H groups in total. The topological polar surface area (TPSA) is 32.5 Å². The van der Waals surface area contributed by atoms with Gasteiger partial charge in [0.05, 0.1) is 0 Å².